The Morgan fingerprint density at radius 2 is 2.19 bits per heavy atom. The predicted molar refractivity (Wildman–Crippen MR) is 70.9 cm³/mol. The first-order valence-corrected chi connectivity index (χ1v) is 5.92. The molecule has 0 radical (unpaired) electrons. The first kappa shape index (κ1) is 16.8. The van der Waals surface area contributed by atoms with Gasteiger partial charge in [-0.15, -0.1) is 0 Å². The number of nitro benzene ring substituents is 1. The summed E-state index contributed by atoms with van der Waals surface area (Å²) in [7, 11) is 2.69. The van der Waals surface area contributed by atoms with E-state index in [4.69, 9.17) is 9.84 Å². The van der Waals surface area contributed by atoms with E-state index in [1.807, 2.05) is 0 Å². The van der Waals surface area contributed by atoms with E-state index in [0.29, 0.717) is 11.3 Å². The Bertz CT molecular complexity index is 506. The quantitative estimate of drug-likeness (QED) is 0.389. The van der Waals surface area contributed by atoms with Gasteiger partial charge in [0.1, 0.15) is 18.4 Å². The third kappa shape index (κ3) is 4.99. The largest absolute Gasteiger partial charge is 0.497 e. The molecule has 0 bridgehead atoms. The average molecular weight is 300 g/mol. The molecule has 0 spiro atoms. The van der Waals surface area contributed by atoms with E-state index in [1.165, 1.54) is 32.4 Å². The van der Waals surface area contributed by atoms with E-state index >= 15 is 0 Å². The van der Waals surface area contributed by atoms with Crippen LogP contribution in [0.15, 0.2) is 18.2 Å². The van der Waals surface area contributed by atoms with Crippen LogP contribution in [0.5, 0.6) is 5.75 Å². The third-order valence-corrected chi connectivity index (χ3v) is 2.67. The van der Waals surface area contributed by atoms with E-state index in [9.17, 15) is 14.9 Å². The first-order chi connectivity index (χ1) is 9.99. The number of rotatable bonds is 9. The molecule has 0 aliphatic carbocycles. The fourth-order valence-electron chi connectivity index (χ4n) is 1.60. The van der Waals surface area contributed by atoms with Crippen molar-refractivity contribution in [2.75, 3.05) is 20.8 Å². The lowest BCUT2D eigenvalue weighted by molar-refractivity contribution is -0.385. The summed E-state index contributed by atoms with van der Waals surface area (Å²) in [5.74, 6) is -0.713. The Kier molecular flexibility index (Phi) is 6.53. The lowest BCUT2D eigenvalue weighted by Gasteiger charge is -2.14. The van der Waals surface area contributed by atoms with Crippen LogP contribution in [0.4, 0.5) is 5.69 Å². The Morgan fingerprint density at radius 3 is 2.71 bits per heavy atom. The van der Waals surface area contributed by atoms with Crippen LogP contribution in [0, 0.1) is 10.1 Å². The molecule has 1 unspecified atom stereocenters. The monoisotopic (exact) mass is 300 g/mol. The molecule has 1 aromatic carbocycles. The van der Waals surface area contributed by atoms with Crippen LogP contribution < -0.4 is 10.1 Å². The van der Waals surface area contributed by atoms with Gasteiger partial charge in [0.2, 0.25) is 0 Å². The molecule has 9 nitrogen and oxygen atoms in total. The summed E-state index contributed by atoms with van der Waals surface area (Å²) in [6, 6.07) is 3.18. The standard InChI is InChI=1S/C12H16N2O7/c1-19-9-3-4-11(14(17)18)8(5-9)6-13-10(12(15)16)7-21-20-2/h3-5,10,13H,6-7H2,1-2H3,(H,15,16). The fraction of sp³-hybridized carbons (Fsp3) is 0.417. The second-order valence-electron chi connectivity index (χ2n) is 3.97. The molecule has 0 aliphatic rings. The molecule has 0 heterocycles. The van der Waals surface area contributed by atoms with Crippen molar-refractivity contribution < 1.29 is 29.3 Å². The number of methoxy groups -OCH3 is 1. The first-order valence-electron chi connectivity index (χ1n) is 5.92. The summed E-state index contributed by atoms with van der Waals surface area (Å²) in [5, 5.41) is 22.6. The number of aliphatic carboxylic acids is 1. The second kappa shape index (κ2) is 8.15. The Balaban J connectivity index is 2.84. The van der Waals surface area contributed by atoms with E-state index in [0.717, 1.165) is 0 Å². The smallest absolute Gasteiger partial charge is 0.323 e. The molecule has 9 heteroatoms. The van der Waals surface area contributed by atoms with Crippen molar-refractivity contribution >= 4 is 11.7 Å². The molecule has 116 valence electrons. The molecule has 1 aromatic rings. The molecule has 0 saturated heterocycles. The lowest BCUT2D eigenvalue weighted by atomic mass is 10.1. The van der Waals surface area contributed by atoms with Gasteiger partial charge >= 0.3 is 5.97 Å². The number of nitrogens with zero attached hydrogens (tertiary/aromatic N) is 1. The molecule has 21 heavy (non-hydrogen) atoms. The van der Waals surface area contributed by atoms with Gasteiger partial charge in [-0.25, -0.2) is 9.78 Å². The highest BCUT2D eigenvalue weighted by Crippen LogP contribution is 2.23. The molecule has 0 aromatic heterocycles. The number of benzene rings is 1. The van der Waals surface area contributed by atoms with E-state index in [-0.39, 0.29) is 18.8 Å². The number of nitrogens with one attached hydrogen (secondary N) is 1. The second-order valence-corrected chi connectivity index (χ2v) is 3.97. The van der Waals surface area contributed by atoms with E-state index < -0.39 is 16.9 Å². The predicted octanol–water partition coefficient (Wildman–Crippen LogP) is 0.724. The maximum Gasteiger partial charge on any atom is 0.323 e. The Morgan fingerprint density at radius 1 is 1.48 bits per heavy atom. The summed E-state index contributed by atoms with van der Waals surface area (Å²) in [4.78, 5) is 30.3. The number of nitro groups is 1. The number of ether oxygens (including phenoxy) is 1. The summed E-state index contributed by atoms with van der Waals surface area (Å²) >= 11 is 0. The summed E-state index contributed by atoms with van der Waals surface area (Å²) in [6.45, 7) is -0.263. The van der Waals surface area contributed by atoms with Gasteiger partial charge in [-0.05, 0) is 12.1 Å². The average Bonchev–Trinajstić information content (AvgIpc) is 2.46. The SMILES string of the molecule is COOCC(NCc1cc(OC)ccc1[N+](=O)[O-])C(=O)O. The molecule has 0 amide bonds. The summed E-state index contributed by atoms with van der Waals surface area (Å²) in [5.41, 5.74) is 0.183. The van der Waals surface area contributed by atoms with Gasteiger partial charge in [0.05, 0.1) is 19.1 Å². The third-order valence-electron chi connectivity index (χ3n) is 2.67. The molecule has 2 N–H and O–H groups in total. The van der Waals surface area contributed by atoms with Gasteiger partial charge in [-0.2, -0.15) is 0 Å². The fourth-order valence-corrected chi connectivity index (χ4v) is 1.60. The van der Waals surface area contributed by atoms with Crippen molar-refractivity contribution in [3.63, 3.8) is 0 Å². The topological polar surface area (TPSA) is 120 Å². The van der Waals surface area contributed by atoms with Crippen LogP contribution in [0.25, 0.3) is 0 Å². The van der Waals surface area contributed by atoms with Crippen molar-refractivity contribution in [1.82, 2.24) is 5.32 Å². The summed E-state index contributed by atoms with van der Waals surface area (Å²) < 4.78 is 5.00. The lowest BCUT2D eigenvalue weighted by Crippen LogP contribution is -2.40. The van der Waals surface area contributed by atoms with Crippen LogP contribution in [0.2, 0.25) is 0 Å². The van der Waals surface area contributed by atoms with Crippen LogP contribution in [0.1, 0.15) is 5.56 Å². The minimum atomic E-state index is -1.16. The number of hydrogen-bond donors (Lipinski definition) is 2. The van der Waals surface area contributed by atoms with Crippen molar-refractivity contribution in [2.45, 2.75) is 12.6 Å². The van der Waals surface area contributed by atoms with Crippen molar-refractivity contribution in [1.29, 1.82) is 0 Å². The van der Waals surface area contributed by atoms with Crippen LogP contribution in [0.3, 0.4) is 0 Å². The highest BCUT2D eigenvalue weighted by Gasteiger charge is 2.20. The molecule has 1 rings (SSSR count). The van der Waals surface area contributed by atoms with E-state index in [2.05, 4.69) is 15.1 Å². The van der Waals surface area contributed by atoms with Gasteiger partial charge in [0, 0.05) is 18.2 Å². The van der Waals surface area contributed by atoms with Crippen LogP contribution in [-0.2, 0) is 21.1 Å². The van der Waals surface area contributed by atoms with E-state index in [1.54, 1.807) is 0 Å². The number of carboxylic acid groups (broad SMARTS) is 1. The normalized spacial score (nSPS) is 11.9. The van der Waals surface area contributed by atoms with Gasteiger partial charge < -0.3 is 9.84 Å². The van der Waals surface area contributed by atoms with Crippen LogP contribution in [-0.4, -0.2) is 42.9 Å². The van der Waals surface area contributed by atoms with Crippen molar-refractivity contribution in [3.8, 4) is 5.75 Å². The highest BCUT2D eigenvalue weighted by atomic mass is 17.2. The maximum absolute atomic E-state index is 11.0. The van der Waals surface area contributed by atoms with Crippen molar-refractivity contribution in [3.05, 3.63) is 33.9 Å². The van der Waals surface area contributed by atoms with Crippen LogP contribution >= 0.6 is 0 Å². The van der Waals surface area contributed by atoms with Gasteiger partial charge in [0.25, 0.3) is 5.69 Å². The summed E-state index contributed by atoms with van der Waals surface area (Å²) in [6.07, 6.45) is 0. The molecular formula is C12H16N2O7. The molecule has 0 fully saturated rings. The number of hydrogen-bond acceptors (Lipinski definition) is 7. The Hall–Kier alpha value is -2.23. The number of carbonyl (C=O) groups is 1. The van der Waals surface area contributed by atoms with Gasteiger partial charge in [-0.1, -0.05) is 0 Å². The molecule has 0 aliphatic heterocycles. The molecule has 1 atom stereocenters. The van der Waals surface area contributed by atoms with Gasteiger partial charge in [0.15, 0.2) is 0 Å². The highest BCUT2D eigenvalue weighted by molar-refractivity contribution is 5.73. The van der Waals surface area contributed by atoms with Crippen molar-refractivity contribution in [2.24, 2.45) is 0 Å². The van der Waals surface area contributed by atoms with Gasteiger partial charge in [-0.3, -0.25) is 20.2 Å². The molecule has 0 saturated carbocycles. The number of carboxylic acids is 1. The minimum Gasteiger partial charge on any atom is -0.497 e. The zero-order chi connectivity index (χ0) is 15.8. The Labute approximate surface area is 120 Å². The zero-order valence-corrected chi connectivity index (χ0v) is 11.6. The zero-order valence-electron chi connectivity index (χ0n) is 11.6. The minimum absolute atomic E-state index is 0.0302. The molecular weight excluding hydrogens is 284 g/mol. The maximum atomic E-state index is 11.0.